The minimum Gasteiger partial charge on any atom is -0.243 e. The van der Waals surface area contributed by atoms with Gasteiger partial charge in [-0.3, -0.25) is 0 Å². The number of imide groups is 1. The summed E-state index contributed by atoms with van der Waals surface area (Å²) in [4.78, 5) is 25.0. The van der Waals surface area contributed by atoms with Crippen molar-refractivity contribution in [2.75, 3.05) is 20.6 Å². The van der Waals surface area contributed by atoms with Crippen LogP contribution in [-0.4, -0.2) is 42.2 Å². The van der Waals surface area contributed by atoms with Gasteiger partial charge in [0.15, 0.2) is 0 Å². The van der Waals surface area contributed by atoms with Crippen LogP contribution in [0.15, 0.2) is 0 Å². The van der Waals surface area contributed by atoms with Crippen LogP contribution in [0.25, 0.3) is 0 Å². The first-order valence-electron chi connectivity index (χ1n) is 8.47. The van der Waals surface area contributed by atoms with E-state index in [9.17, 15) is 9.59 Å². The predicted octanol–water partition coefficient (Wildman–Crippen LogP) is 4.04. The Hall–Kier alpha value is -1.10. The first-order chi connectivity index (χ1) is 9.99. The number of unbranched alkanes of at least 4 members (excludes halogenated alkanes) is 9. The molecule has 0 aromatic carbocycles. The minimum absolute atomic E-state index is 0.0728. The molecule has 0 aliphatic carbocycles. The second-order valence-corrected chi connectivity index (χ2v) is 6.49. The number of carbonyl (C=O) groups excluding carboxylic acids is 2. The molecule has 1 aliphatic rings. The second-order valence-electron chi connectivity index (χ2n) is 6.49. The van der Waals surface area contributed by atoms with E-state index in [1.165, 1.54) is 56.3 Å². The molecule has 0 radical (unpaired) electrons. The Kier molecular flexibility index (Phi) is 7.72. The maximum absolute atomic E-state index is 11.9. The zero-order valence-corrected chi connectivity index (χ0v) is 14.0. The van der Waals surface area contributed by atoms with E-state index in [-0.39, 0.29) is 16.7 Å². The number of nitrogens with one attached hydrogen (secondary N) is 1. The molecule has 1 saturated heterocycles. The van der Waals surface area contributed by atoms with E-state index in [0.717, 1.165) is 12.8 Å². The molecular formula is C16H32N3O2+. The van der Waals surface area contributed by atoms with Crippen LogP contribution in [0.1, 0.15) is 71.1 Å². The molecule has 21 heavy (non-hydrogen) atoms. The van der Waals surface area contributed by atoms with E-state index in [0.29, 0.717) is 6.54 Å². The van der Waals surface area contributed by atoms with Gasteiger partial charge in [0.25, 0.3) is 0 Å². The van der Waals surface area contributed by atoms with Gasteiger partial charge in [-0.2, -0.15) is 5.43 Å². The van der Waals surface area contributed by atoms with Crippen LogP contribution in [0.2, 0.25) is 0 Å². The number of hydrogen-bond donors (Lipinski definition) is 1. The maximum Gasteiger partial charge on any atom is 0.451 e. The third-order valence-electron chi connectivity index (χ3n) is 4.06. The lowest BCUT2D eigenvalue weighted by Crippen LogP contribution is -2.49. The van der Waals surface area contributed by atoms with Crippen molar-refractivity contribution in [3.8, 4) is 0 Å². The summed E-state index contributed by atoms with van der Waals surface area (Å²) in [6, 6.07) is -0.420. The first kappa shape index (κ1) is 18.0. The summed E-state index contributed by atoms with van der Waals surface area (Å²) in [7, 11) is 3.39. The normalized spacial score (nSPS) is 17.4. The summed E-state index contributed by atoms with van der Waals surface area (Å²) >= 11 is 0. The van der Waals surface area contributed by atoms with Crippen molar-refractivity contribution < 1.29 is 14.2 Å². The largest absolute Gasteiger partial charge is 0.451 e. The van der Waals surface area contributed by atoms with Gasteiger partial charge in [0, 0.05) is 6.54 Å². The van der Waals surface area contributed by atoms with Crippen molar-refractivity contribution >= 4 is 12.1 Å². The van der Waals surface area contributed by atoms with Gasteiger partial charge in [0.05, 0.1) is 0 Å². The van der Waals surface area contributed by atoms with Gasteiger partial charge in [-0.25, -0.2) is 14.5 Å². The summed E-state index contributed by atoms with van der Waals surface area (Å²) in [5, 5.41) is 0. The van der Waals surface area contributed by atoms with Gasteiger partial charge >= 0.3 is 12.1 Å². The zero-order chi connectivity index (χ0) is 15.7. The summed E-state index contributed by atoms with van der Waals surface area (Å²) < 4.78 is -0.0728. The molecule has 1 fully saturated rings. The third-order valence-corrected chi connectivity index (χ3v) is 4.06. The number of rotatable bonds is 11. The number of hydrogen-bond acceptors (Lipinski definition) is 2. The van der Waals surface area contributed by atoms with Gasteiger partial charge in [-0.15, -0.1) is 4.59 Å². The molecule has 1 rings (SSSR count). The third kappa shape index (κ3) is 6.04. The summed E-state index contributed by atoms with van der Waals surface area (Å²) in [6.45, 7) is 2.79. The van der Waals surface area contributed by atoms with Gasteiger partial charge in [-0.05, 0) is 6.42 Å². The van der Waals surface area contributed by atoms with Crippen LogP contribution in [-0.2, 0) is 0 Å². The van der Waals surface area contributed by atoms with E-state index < -0.39 is 0 Å². The smallest absolute Gasteiger partial charge is 0.243 e. The molecule has 0 saturated carbocycles. The van der Waals surface area contributed by atoms with Crippen LogP contribution in [0, 0.1) is 0 Å². The molecule has 0 bridgehead atoms. The number of urea groups is 2. The topological polar surface area (TPSA) is 49.4 Å². The van der Waals surface area contributed by atoms with Gasteiger partial charge in [0.2, 0.25) is 0 Å². The zero-order valence-electron chi connectivity index (χ0n) is 14.0. The van der Waals surface area contributed by atoms with E-state index in [2.05, 4.69) is 12.3 Å². The minimum atomic E-state index is -0.263. The van der Waals surface area contributed by atoms with Crippen molar-refractivity contribution in [3.63, 3.8) is 0 Å². The second kappa shape index (κ2) is 9.03. The van der Waals surface area contributed by atoms with Crippen molar-refractivity contribution in [3.05, 3.63) is 0 Å². The molecule has 1 heterocycles. The summed E-state index contributed by atoms with van der Waals surface area (Å²) in [5.74, 6) is 0. The van der Waals surface area contributed by atoms with Crippen molar-refractivity contribution in [1.82, 2.24) is 10.3 Å². The van der Waals surface area contributed by atoms with E-state index in [4.69, 9.17) is 0 Å². The highest BCUT2D eigenvalue weighted by Crippen LogP contribution is 2.14. The van der Waals surface area contributed by atoms with Crippen molar-refractivity contribution in [2.24, 2.45) is 0 Å². The van der Waals surface area contributed by atoms with Gasteiger partial charge < -0.3 is 0 Å². The number of quaternary nitrogens is 1. The van der Waals surface area contributed by atoms with Crippen LogP contribution < -0.4 is 5.43 Å². The van der Waals surface area contributed by atoms with Crippen LogP contribution in [0.5, 0.6) is 0 Å². The molecule has 0 aromatic heterocycles. The molecule has 1 N–H and O–H groups in total. The molecule has 4 amide bonds. The number of nitrogens with zero attached hydrogens (tertiary/aromatic N) is 2. The van der Waals surface area contributed by atoms with Crippen molar-refractivity contribution in [2.45, 2.75) is 71.1 Å². The predicted molar refractivity (Wildman–Crippen MR) is 84.6 cm³/mol. The molecule has 122 valence electrons. The highest BCUT2D eigenvalue weighted by Gasteiger charge is 2.45. The van der Waals surface area contributed by atoms with Gasteiger partial charge in [-0.1, -0.05) is 64.7 Å². The lowest BCUT2D eigenvalue weighted by atomic mass is 10.1. The van der Waals surface area contributed by atoms with Crippen LogP contribution in [0.4, 0.5) is 9.59 Å². The summed E-state index contributed by atoms with van der Waals surface area (Å²) in [5.41, 5.74) is 2.65. The Balaban J connectivity index is 2.00. The fraction of sp³-hybridized carbons (Fsp3) is 0.875. The Labute approximate surface area is 129 Å². The standard InChI is InChI=1S/C16H31N3O2/c1-4-5-6-7-8-9-10-11-12-13-14-18-15(20)17-19(2,3)16(18)21/h4-14H2,1-3H3/p+1. The molecule has 0 unspecified atom stereocenters. The maximum atomic E-state index is 11.9. The fourth-order valence-electron chi connectivity index (χ4n) is 2.69. The molecule has 0 spiro atoms. The van der Waals surface area contributed by atoms with Gasteiger partial charge in [0.1, 0.15) is 14.1 Å². The Morgan fingerprint density at radius 2 is 1.33 bits per heavy atom. The molecule has 0 aromatic rings. The SMILES string of the molecule is CCCCCCCCCCCCN1C(=O)N[N+](C)(C)C1=O. The first-order valence-corrected chi connectivity index (χ1v) is 8.47. The Morgan fingerprint density at radius 3 is 1.76 bits per heavy atom. The quantitative estimate of drug-likeness (QED) is 0.462. The molecule has 5 nitrogen and oxygen atoms in total. The Bertz CT molecular complexity index is 342. The van der Waals surface area contributed by atoms with E-state index in [1.807, 2.05) is 0 Å². The average molecular weight is 298 g/mol. The van der Waals surface area contributed by atoms with Crippen molar-refractivity contribution in [1.29, 1.82) is 0 Å². The fourth-order valence-corrected chi connectivity index (χ4v) is 2.69. The Morgan fingerprint density at radius 1 is 0.857 bits per heavy atom. The highest BCUT2D eigenvalue weighted by atomic mass is 16.2. The number of amides is 4. The van der Waals surface area contributed by atoms with Crippen LogP contribution >= 0.6 is 0 Å². The summed E-state index contributed by atoms with van der Waals surface area (Å²) in [6.07, 6.45) is 12.5. The highest BCUT2D eigenvalue weighted by molar-refractivity contribution is 5.94. The van der Waals surface area contributed by atoms with Crippen LogP contribution in [0.3, 0.4) is 0 Å². The van der Waals surface area contributed by atoms with E-state index >= 15 is 0 Å². The number of carbonyl (C=O) groups is 2. The average Bonchev–Trinajstić information content (AvgIpc) is 2.62. The van der Waals surface area contributed by atoms with E-state index in [1.54, 1.807) is 14.1 Å². The lowest BCUT2D eigenvalue weighted by molar-refractivity contribution is -0.840. The molecule has 0 atom stereocenters. The monoisotopic (exact) mass is 298 g/mol. The molecular weight excluding hydrogens is 266 g/mol. The lowest BCUT2D eigenvalue weighted by Gasteiger charge is -2.16. The molecule has 5 heteroatoms. The molecule has 1 aliphatic heterocycles.